The molecule has 92 valence electrons. The van der Waals surface area contributed by atoms with Gasteiger partial charge in [0.05, 0.1) is 5.25 Å². The topological polar surface area (TPSA) is 29.1 Å². The van der Waals surface area contributed by atoms with Crippen molar-refractivity contribution in [1.82, 2.24) is 5.32 Å². The van der Waals surface area contributed by atoms with Gasteiger partial charge >= 0.3 is 0 Å². The number of halogens is 1. The molecule has 1 aliphatic heterocycles. The summed E-state index contributed by atoms with van der Waals surface area (Å²) in [7, 11) is -0.833. The van der Waals surface area contributed by atoms with E-state index in [9.17, 15) is 8.60 Å². The minimum atomic E-state index is -0.833. The molecule has 0 amide bonds. The third kappa shape index (κ3) is 1.83. The van der Waals surface area contributed by atoms with Gasteiger partial charge in [-0.15, -0.1) is 0 Å². The molecule has 3 atom stereocenters. The number of nitrogens with one attached hydrogen (secondary N) is 1. The molecule has 1 heterocycles. The molecule has 1 aromatic rings. The Labute approximate surface area is 103 Å². The van der Waals surface area contributed by atoms with Crippen molar-refractivity contribution in [2.45, 2.75) is 37.1 Å². The molecule has 1 N–H and O–H groups in total. The summed E-state index contributed by atoms with van der Waals surface area (Å²) in [4.78, 5) is 0. The third-order valence-electron chi connectivity index (χ3n) is 3.62. The number of rotatable bonds is 0. The van der Waals surface area contributed by atoms with Crippen LogP contribution in [0.15, 0.2) is 18.2 Å². The summed E-state index contributed by atoms with van der Waals surface area (Å²) < 4.78 is 25.4. The number of hydrogen-bond acceptors (Lipinski definition) is 2. The normalized spacial score (nSPS) is 34.2. The number of benzene rings is 1. The van der Waals surface area contributed by atoms with E-state index < -0.39 is 10.8 Å². The Morgan fingerprint density at radius 2 is 2.24 bits per heavy atom. The molecule has 3 rings (SSSR count). The van der Waals surface area contributed by atoms with Crippen molar-refractivity contribution < 1.29 is 8.60 Å². The smallest absolute Gasteiger partial charge is 0.123 e. The predicted octanol–water partition coefficient (Wildman–Crippen LogP) is 1.92. The zero-order valence-electron chi connectivity index (χ0n) is 10.00. The quantitative estimate of drug-likeness (QED) is 0.765. The maximum atomic E-state index is 13.2. The summed E-state index contributed by atoms with van der Waals surface area (Å²) in [5.41, 5.74) is 2.03. The predicted molar refractivity (Wildman–Crippen MR) is 66.9 cm³/mol. The van der Waals surface area contributed by atoms with Gasteiger partial charge in [-0.25, -0.2) is 4.39 Å². The van der Waals surface area contributed by atoms with Crippen molar-refractivity contribution in [2.24, 2.45) is 0 Å². The lowest BCUT2D eigenvalue weighted by molar-refractivity contribution is 0.349. The molecular formula is C13H16FNOS. The zero-order valence-corrected chi connectivity index (χ0v) is 10.8. The second-order valence-electron chi connectivity index (χ2n) is 5.62. The highest BCUT2D eigenvalue weighted by molar-refractivity contribution is 7.85. The maximum absolute atomic E-state index is 13.2. The SMILES string of the molecule is CC1(C)CS(=O)C2Cc3cc(F)ccc3C2N1. The molecule has 2 aliphatic rings. The van der Waals surface area contributed by atoms with Crippen LogP contribution in [0.4, 0.5) is 4.39 Å². The van der Waals surface area contributed by atoms with Crippen molar-refractivity contribution in [3.05, 3.63) is 35.1 Å². The molecular weight excluding hydrogens is 237 g/mol. The highest BCUT2D eigenvalue weighted by atomic mass is 32.2. The van der Waals surface area contributed by atoms with Gasteiger partial charge in [-0.3, -0.25) is 4.21 Å². The molecule has 0 bridgehead atoms. The third-order valence-corrected chi connectivity index (χ3v) is 5.74. The van der Waals surface area contributed by atoms with Gasteiger partial charge in [0.2, 0.25) is 0 Å². The van der Waals surface area contributed by atoms with Crippen LogP contribution in [-0.2, 0) is 17.2 Å². The lowest BCUT2D eigenvalue weighted by Crippen LogP contribution is -2.55. The van der Waals surface area contributed by atoms with Crippen LogP contribution in [0.25, 0.3) is 0 Å². The Morgan fingerprint density at radius 3 is 3.00 bits per heavy atom. The zero-order chi connectivity index (χ0) is 12.2. The number of hydrogen-bond donors (Lipinski definition) is 1. The average molecular weight is 253 g/mol. The van der Waals surface area contributed by atoms with Crippen LogP contribution in [-0.4, -0.2) is 20.8 Å². The fourth-order valence-electron chi connectivity index (χ4n) is 2.93. The van der Waals surface area contributed by atoms with Gasteiger partial charge in [-0.1, -0.05) is 6.07 Å². The molecule has 2 nitrogen and oxygen atoms in total. The first-order chi connectivity index (χ1) is 7.96. The second kappa shape index (κ2) is 3.62. The van der Waals surface area contributed by atoms with Gasteiger partial charge in [-0.2, -0.15) is 0 Å². The molecule has 1 aliphatic carbocycles. The first-order valence-electron chi connectivity index (χ1n) is 5.89. The van der Waals surface area contributed by atoms with Gasteiger partial charge in [0.25, 0.3) is 0 Å². The van der Waals surface area contributed by atoms with Gasteiger partial charge in [0, 0.05) is 28.1 Å². The Bertz CT molecular complexity index is 500. The Balaban J connectivity index is 2.03. The maximum Gasteiger partial charge on any atom is 0.123 e. The number of fused-ring (bicyclic) bond motifs is 3. The van der Waals surface area contributed by atoms with E-state index >= 15 is 0 Å². The monoisotopic (exact) mass is 253 g/mol. The van der Waals surface area contributed by atoms with E-state index in [4.69, 9.17) is 0 Å². The standard InChI is InChI=1S/C13H16FNOS/c1-13(2)7-17(16)11-6-8-5-9(14)3-4-10(8)12(11)15-13/h3-5,11-12,15H,6-7H2,1-2H3. The van der Waals surface area contributed by atoms with Crippen LogP contribution in [0.3, 0.4) is 0 Å². The molecule has 0 saturated carbocycles. The minimum Gasteiger partial charge on any atom is -0.303 e. The lowest BCUT2D eigenvalue weighted by Gasteiger charge is -2.38. The Kier molecular flexibility index (Phi) is 2.42. The van der Waals surface area contributed by atoms with E-state index in [0.29, 0.717) is 5.75 Å². The fraction of sp³-hybridized carbons (Fsp3) is 0.538. The largest absolute Gasteiger partial charge is 0.303 e. The molecule has 0 aromatic heterocycles. The first kappa shape index (κ1) is 11.4. The Morgan fingerprint density at radius 1 is 1.47 bits per heavy atom. The van der Waals surface area contributed by atoms with Crippen LogP contribution in [0.2, 0.25) is 0 Å². The molecule has 0 spiro atoms. The summed E-state index contributed by atoms with van der Waals surface area (Å²) in [5, 5.41) is 3.66. The van der Waals surface area contributed by atoms with Crippen LogP contribution < -0.4 is 5.32 Å². The molecule has 1 aromatic carbocycles. The summed E-state index contributed by atoms with van der Waals surface area (Å²) in [6.07, 6.45) is 0.730. The van der Waals surface area contributed by atoms with Crippen molar-refractivity contribution in [3.63, 3.8) is 0 Å². The van der Waals surface area contributed by atoms with Gasteiger partial charge < -0.3 is 5.32 Å². The van der Waals surface area contributed by atoms with E-state index in [-0.39, 0.29) is 22.6 Å². The van der Waals surface area contributed by atoms with E-state index in [2.05, 4.69) is 19.2 Å². The van der Waals surface area contributed by atoms with Crippen molar-refractivity contribution >= 4 is 10.8 Å². The van der Waals surface area contributed by atoms with Crippen LogP contribution >= 0.6 is 0 Å². The van der Waals surface area contributed by atoms with Crippen LogP contribution in [0.1, 0.15) is 31.0 Å². The van der Waals surface area contributed by atoms with Crippen molar-refractivity contribution in [2.75, 3.05) is 5.75 Å². The Hall–Kier alpha value is -0.740. The molecule has 17 heavy (non-hydrogen) atoms. The average Bonchev–Trinajstić information content (AvgIpc) is 2.54. The van der Waals surface area contributed by atoms with Crippen LogP contribution in [0.5, 0.6) is 0 Å². The highest BCUT2D eigenvalue weighted by Gasteiger charge is 2.44. The lowest BCUT2D eigenvalue weighted by atomic mass is 10.0. The van der Waals surface area contributed by atoms with Crippen molar-refractivity contribution in [1.29, 1.82) is 0 Å². The minimum absolute atomic E-state index is 0.109. The van der Waals surface area contributed by atoms with Crippen LogP contribution in [0, 0.1) is 5.82 Å². The molecule has 1 fully saturated rings. The molecule has 1 saturated heterocycles. The van der Waals surface area contributed by atoms with E-state index in [0.717, 1.165) is 17.5 Å². The van der Waals surface area contributed by atoms with Crippen molar-refractivity contribution in [3.8, 4) is 0 Å². The van der Waals surface area contributed by atoms with Gasteiger partial charge in [0.1, 0.15) is 5.82 Å². The summed E-state index contributed by atoms with van der Waals surface area (Å²) in [5.74, 6) is 0.470. The summed E-state index contributed by atoms with van der Waals surface area (Å²) >= 11 is 0. The highest BCUT2D eigenvalue weighted by Crippen LogP contribution is 2.39. The second-order valence-corrected chi connectivity index (χ2v) is 7.27. The van der Waals surface area contributed by atoms with E-state index in [1.54, 1.807) is 6.07 Å². The summed E-state index contributed by atoms with van der Waals surface area (Å²) in [6.45, 7) is 4.14. The molecule has 4 heteroatoms. The van der Waals surface area contributed by atoms with Gasteiger partial charge in [-0.05, 0) is 43.5 Å². The van der Waals surface area contributed by atoms with E-state index in [1.807, 2.05) is 6.07 Å². The molecule has 3 unspecified atom stereocenters. The first-order valence-corrected chi connectivity index (χ1v) is 7.28. The molecule has 0 radical (unpaired) electrons. The fourth-order valence-corrected chi connectivity index (χ4v) is 4.82. The van der Waals surface area contributed by atoms with E-state index in [1.165, 1.54) is 6.07 Å². The summed E-state index contributed by atoms with van der Waals surface area (Å²) in [6, 6.07) is 5.03. The van der Waals surface area contributed by atoms with Gasteiger partial charge in [0.15, 0.2) is 0 Å².